The zero-order valence-corrected chi connectivity index (χ0v) is 12.6. The molecule has 2 unspecified atom stereocenters. The minimum atomic E-state index is -3.65. The van der Waals surface area contributed by atoms with Gasteiger partial charge in [-0.2, -0.15) is 8.42 Å². The smallest absolute Gasteiger partial charge is 0.328 e. The minimum Gasteiger partial charge on any atom is -0.480 e. The number of carboxylic acid groups (broad SMARTS) is 1. The third-order valence-electron chi connectivity index (χ3n) is 3.64. The predicted octanol–water partition coefficient (Wildman–Crippen LogP) is -1.11. The summed E-state index contributed by atoms with van der Waals surface area (Å²) in [4.78, 5) is 24.0. The fourth-order valence-corrected chi connectivity index (χ4v) is 5.08. The summed E-state index contributed by atoms with van der Waals surface area (Å²) in [6.07, 6.45) is 0.926. The SMILES string of the molecule is CC1(CCOS(C)(=O)=O)[C@H](C(=O)O)N2C(=O)C[C@H]2S1=O. The number of β-lactam (4-membered cyclic amide) rings is 1. The molecular formula is C10H15NO7S2. The molecule has 4 atom stereocenters. The highest BCUT2D eigenvalue weighted by molar-refractivity contribution is 7.87. The van der Waals surface area contributed by atoms with Crippen molar-refractivity contribution in [3.05, 3.63) is 0 Å². The number of hydrogen-bond donors (Lipinski definition) is 1. The van der Waals surface area contributed by atoms with Crippen molar-refractivity contribution >= 4 is 32.8 Å². The first kappa shape index (κ1) is 15.4. The van der Waals surface area contributed by atoms with E-state index >= 15 is 0 Å². The fraction of sp³-hybridized carbons (Fsp3) is 0.800. The van der Waals surface area contributed by atoms with Crippen molar-refractivity contribution < 1.29 is 31.5 Å². The lowest BCUT2D eigenvalue weighted by molar-refractivity contribution is -0.157. The van der Waals surface area contributed by atoms with Gasteiger partial charge in [-0.1, -0.05) is 0 Å². The standard InChI is InChI=1S/C10H15NO7S2/c1-10(3-4-18-20(2,16)17)8(9(13)14)11-6(12)5-7(11)19(10)15/h7-8H,3-5H2,1-2H3,(H,13,14)/t7-,8+,10?,19?/m1/s1. The molecule has 0 saturated carbocycles. The lowest BCUT2D eigenvalue weighted by Crippen LogP contribution is -2.57. The van der Waals surface area contributed by atoms with Gasteiger partial charge >= 0.3 is 5.97 Å². The van der Waals surface area contributed by atoms with Crippen LogP contribution in [0.4, 0.5) is 0 Å². The predicted molar refractivity (Wildman–Crippen MR) is 68.6 cm³/mol. The molecule has 20 heavy (non-hydrogen) atoms. The van der Waals surface area contributed by atoms with E-state index in [0.29, 0.717) is 0 Å². The van der Waals surface area contributed by atoms with Crippen LogP contribution < -0.4 is 0 Å². The van der Waals surface area contributed by atoms with Crippen molar-refractivity contribution in [2.24, 2.45) is 0 Å². The van der Waals surface area contributed by atoms with Gasteiger partial charge in [-0.3, -0.25) is 13.2 Å². The Morgan fingerprint density at radius 2 is 2.20 bits per heavy atom. The van der Waals surface area contributed by atoms with Gasteiger partial charge in [-0.05, 0) is 13.3 Å². The number of carbonyl (C=O) groups excluding carboxylic acids is 1. The van der Waals surface area contributed by atoms with E-state index in [1.54, 1.807) is 0 Å². The zero-order chi connectivity index (χ0) is 15.3. The minimum absolute atomic E-state index is 0.0239. The molecule has 1 amide bonds. The molecule has 0 aromatic carbocycles. The maximum Gasteiger partial charge on any atom is 0.328 e. The van der Waals surface area contributed by atoms with Gasteiger partial charge in [0.25, 0.3) is 10.1 Å². The number of fused-ring (bicyclic) bond motifs is 1. The van der Waals surface area contributed by atoms with E-state index in [-0.39, 0.29) is 25.4 Å². The maximum atomic E-state index is 12.4. The van der Waals surface area contributed by atoms with Gasteiger partial charge in [0, 0.05) is 0 Å². The highest BCUT2D eigenvalue weighted by Gasteiger charge is 2.64. The number of amides is 1. The second-order valence-corrected chi connectivity index (χ2v) is 8.80. The van der Waals surface area contributed by atoms with Crippen LogP contribution in [0.2, 0.25) is 0 Å². The molecule has 2 saturated heterocycles. The van der Waals surface area contributed by atoms with Gasteiger partial charge < -0.3 is 10.0 Å². The first-order valence-electron chi connectivity index (χ1n) is 5.87. The number of aliphatic carboxylic acids is 1. The van der Waals surface area contributed by atoms with E-state index in [2.05, 4.69) is 4.18 Å². The van der Waals surface area contributed by atoms with Gasteiger partial charge in [0.05, 0.1) is 34.8 Å². The molecule has 0 aliphatic carbocycles. The molecule has 2 rings (SSSR count). The van der Waals surface area contributed by atoms with Crippen LogP contribution in [0, 0.1) is 0 Å². The normalized spacial score (nSPS) is 36.6. The van der Waals surface area contributed by atoms with Crippen LogP contribution in [0.3, 0.4) is 0 Å². The van der Waals surface area contributed by atoms with Crippen molar-refractivity contribution in [3.63, 3.8) is 0 Å². The highest BCUT2D eigenvalue weighted by Crippen LogP contribution is 2.45. The van der Waals surface area contributed by atoms with Gasteiger partial charge in [0.2, 0.25) is 5.91 Å². The molecule has 0 bridgehead atoms. The van der Waals surface area contributed by atoms with Crippen molar-refractivity contribution in [2.75, 3.05) is 12.9 Å². The average molecular weight is 325 g/mol. The quantitative estimate of drug-likeness (QED) is 0.502. The molecule has 2 heterocycles. The van der Waals surface area contributed by atoms with Gasteiger partial charge in [0.15, 0.2) is 0 Å². The van der Waals surface area contributed by atoms with Gasteiger partial charge in [-0.15, -0.1) is 0 Å². The van der Waals surface area contributed by atoms with E-state index in [9.17, 15) is 27.3 Å². The van der Waals surface area contributed by atoms with Crippen LogP contribution in [0.5, 0.6) is 0 Å². The zero-order valence-electron chi connectivity index (χ0n) is 10.9. The van der Waals surface area contributed by atoms with Crippen LogP contribution in [0.25, 0.3) is 0 Å². The van der Waals surface area contributed by atoms with Crippen molar-refractivity contribution in [2.45, 2.75) is 35.9 Å². The molecule has 2 fully saturated rings. The van der Waals surface area contributed by atoms with E-state index in [1.165, 1.54) is 6.92 Å². The summed E-state index contributed by atoms with van der Waals surface area (Å²) in [5.74, 6) is -1.58. The maximum absolute atomic E-state index is 12.4. The summed E-state index contributed by atoms with van der Waals surface area (Å²) in [5.41, 5.74) is 0. The fourth-order valence-electron chi connectivity index (χ4n) is 2.62. The Kier molecular flexibility index (Phi) is 3.68. The van der Waals surface area contributed by atoms with E-state index in [1.807, 2.05) is 0 Å². The number of hydrogen-bond acceptors (Lipinski definition) is 6. The largest absolute Gasteiger partial charge is 0.480 e. The second-order valence-electron chi connectivity index (χ2n) is 5.09. The Morgan fingerprint density at radius 3 is 2.65 bits per heavy atom. The van der Waals surface area contributed by atoms with Crippen LogP contribution in [0.1, 0.15) is 19.8 Å². The topological polar surface area (TPSA) is 118 Å². The molecule has 2 aliphatic heterocycles. The highest BCUT2D eigenvalue weighted by atomic mass is 32.2. The molecule has 1 N–H and O–H groups in total. The van der Waals surface area contributed by atoms with Crippen LogP contribution in [-0.2, 0) is 34.7 Å². The first-order chi connectivity index (χ1) is 9.08. The monoisotopic (exact) mass is 325 g/mol. The molecular weight excluding hydrogens is 310 g/mol. The van der Waals surface area contributed by atoms with E-state index in [0.717, 1.165) is 11.2 Å². The molecule has 0 aromatic rings. The second kappa shape index (κ2) is 4.78. The van der Waals surface area contributed by atoms with Crippen LogP contribution in [-0.4, -0.2) is 63.5 Å². The average Bonchev–Trinajstić information content (AvgIpc) is 2.45. The molecule has 2 aliphatic rings. The van der Waals surface area contributed by atoms with Gasteiger partial charge in [0.1, 0.15) is 11.4 Å². The molecule has 114 valence electrons. The lowest BCUT2D eigenvalue weighted by Gasteiger charge is -2.36. The van der Waals surface area contributed by atoms with Crippen molar-refractivity contribution in [1.82, 2.24) is 4.90 Å². The molecule has 0 radical (unpaired) electrons. The summed E-state index contributed by atoms with van der Waals surface area (Å²) in [6.45, 7) is 1.22. The summed E-state index contributed by atoms with van der Waals surface area (Å²) >= 11 is 0. The third kappa shape index (κ3) is 2.35. The number of carbonyl (C=O) groups is 2. The Labute approximate surface area is 118 Å². The van der Waals surface area contributed by atoms with Crippen LogP contribution in [0.15, 0.2) is 0 Å². The van der Waals surface area contributed by atoms with Crippen LogP contribution >= 0.6 is 0 Å². The molecule has 0 aromatic heterocycles. The Balaban J connectivity index is 2.20. The number of rotatable bonds is 5. The van der Waals surface area contributed by atoms with Crippen molar-refractivity contribution in [1.29, 1.82) is 0 Å². The summed E-state index contributed by atoms with van der Waals surface area (Å²) in [6, 6.07) is -1.21. The molecule has 0 spiro atoms. The first-order valence-corrected chi connectivity index (χ1v) is 8.90. The van der Waals surface area contributed by atoms with E-state index < -0.39 is 43.0 Å². The number of nitrogens with zero attached hydrogens (tertiary/aromatic N) is 1. The summed E-state index contributed by atoms with van der Waals surface area (Å²) in [7, 11) is -5.21. The summed E-state index contributed by atoms with van der Waals surface area (Å²) in [5, 5.41) is 8.69. The van der Waals surface area contributed by atoms with Gasteiger partial charge in [-0.25, -0.2) is 4.79 Å². The van der Waals surface area contributed by atoms with Crippen molar-refractivity contribution in [3.8, 4) is 0 Å². The Bertz CT molecular complexity index is 586. The number of carboxylic acids is 1. The third-order valence-corrected chi connectivity index (χ3v) is 6.47. The Hall–Kier alpha value is -1.00. The van der Waals surface area contributed by atoms with E-state index in [4.69, 9.17) is 0 Å². The lowest BCUT2D eigenvalue weighted by atomic mass is 9.94. The molecule has 10 heteroatoms. The molecule has 8 nitrogen and oxygen atoms in total. The Morgan fingerprint density at radius 1 is 1.60 bits per heavy atom. The summed E-state index contributed by atoms with van der Waals surface area (Å²) < 4.78 is 37.6.